The Labute approximate surface area is 137 Å². The Kier molecular flexibility index (Phi) is 4.16. The maximum absolute atomic E-state index is 6.35. The third-order valence-electron chi connectivity index (χ3n) is 4.70. The van der Waals surface area contributed by atoms with Gasteiger partial charge in [-0.2, -0.15) is 0 Å². The number of ether oxygens (including phenoxy) is 2. The summed E-state index contributed by atoms with van der Waals surface area (Å²) in [6.45, 7) is 0. The molecule has 0 saturated heterocycles. The first-order chi connectivity index (χ1) is 11.4. The van der Waals surface area contributed by atoms with Crippen LogP contribution in [0.4, 0.5) is 0 Å². The van der Waals surface area contributed by atoms with E-state index >= 15 is 0 Å². The van der Waals surface area contributed by atoms with Crippen LogP contribution in [0.25, 0.3) is 11.8 Å². The largest absolute Gasteiger partial charge is 0.460 e. The molecule has 1 fully saturated rings. The lowest BCUT2D eigenvalue weighted by Gasteiger charge is -2.32. The number of benzene rings is 2. The molecule has 0 amide bonds. The quantitative estimate of drug-likeness (QED) is 0.738. The van der Waals surface area contributed by atoms with E-state index < -0.39 is 0 Å². The van der Waals surface area contributed by atoms with Crippen molar-refractivity contribution < 1.29 is 9.47 Å². The van der Waals surface area contributed by atoms with Gasteiger partial charge >= 0.3 is 0 Å². The zero-order valence-corrected chi connectivity index (χ0v) is 13.3. The highest BCUT2D eigenvalue weighted by Crippen LogP contribution is 2.38. The molecule has 23 heavy (non-hydrogen) atoms. The monoisotopic (exact) mass is 306 g/mol. The lowest BCUT2D eigenvalue weighted by atomic mass is 9.97. The number of hydrogen-bond acceptors (Lipinski definition) is 2. The van der Waals surface area contributed by atoms with Gasteiger partial charge in [-0.1, -0.05) is 73.9 Å². The first-order valence-electron chi connectivity index (χ1n) is 8.58. The fraction of sp³-hybridized carbons (Fsp3) is 0.333. The van der Waals surface area contributed by atoms with Gasteiger partial charge in [0.2, 0.25) is 6.29 Å². The first-order valence-corrected chi connectivity index (χ1v) is 8.58. The van der Waals surface area contributed by atoms with E-state index in [-0.39, 0.29) is 6.29 Å². The van der Waals surface area contributed by atoms with E-state index in [4.69, 9.17) is 9.47 Å². The summed E-state index contributed by atoms with van der Waals surface area (Å²) < 4.78 is 12.6. The molecule has 2 aliphatic rings. The Morgan fingerprint density at radius 1 is 0.826 bits per heavy atom. The average molecular weight is 306 g/mol. The van der Waals surface area contributed by atoms with Crippen molar-refractivity contribution in [3.8, 4) is 0 Å². The molecule has 118 valence electrons. The first kappa shape index (κ1) is 14.5. The molecule has 2 aromatic carbocycles. The molecule has 1 heterocycles. The lowest BCUT2D eigenvalue weighted by molar-refractivity contribution is -0.146. The minimum atomic E-state index is -0.297. The summed E-state index contributed by atoms with van der Waals surface area (Å²) in [5.41, 5.74) is 3.43. The molecule has 1 aliphatic carbocycles. The molecular weight excluding hydrogens is 284 g/mol. The average Bonchev–Trinajstić information content (AvgIpc) is 2.63. The van der Waals surface area contributed by atoms with E-state index in [1.807, 2.05) is 18.2 Å². The van der Waals surface area contributed by atoms with E-state index in [2.05, 4.69) is 42.5 Å². The molecule has 0 radical (unpaired) electrons. The van der Waals surface area contributed by atoms with Crippen molar-refractivity contribution in [3.63, 3.8) is 0 Å². The zero-order chi connectivity index (χ0) is 15.5. The third-order valence-corrected chi connectivity index (χ3v) is 4.70. The summed E-state index contributed by atoms with van der Waals surface area (Å²) in [5.74, 6) is 0.894. The number of rotatable bonds is 3. The van der Waals surface area contributed by atoms with Gasteiger partial charge in [-0.15, -0.1) is 0 Å². The predicted molar refractivity (Wildman–Crippen MR) is 92.5 cm³/mol. The van der Waals surface area contributed by atoms with E-state index in [1.165, 1.54) is 24.8 Å². The van der Waals surface area contributed by atoms with Gasteiger partial charge in [0, 0.05) is 11.1 Å². The normalized spacial score (nSPS) is 21.2. The van der Waals surface area contributed by atoms with Gasteiger partial charge in [0.25, 0.3) is 0 Å². The summed E-state index contributed by atoms with van der Waals surface area (Å²) in [5, 5.41) is 0. The molecule has 2 aromatic rings. The standard InChI is InChI=1S/C21H22O2/c1-3-9-16(10-4-1)20-15-17-11-7-8-14-19(17)21(23-20)22-18-12-5-2-6-13-18/h1,3-4,7-11,14-15,18,21H,2,5-6,12-13H2/t21-/m1/s1. The summed E-state index contributed by atoms with van der Waals surface area (Å²) in [6.07, 6.45) is 8.29. The summed E-state index contributed by atoms with van der Waals surface area (Å²) in [4.78, 5) is 0. The van der Waals surface area contributed by atoms with Crippen molar-refractivity contribution in [1.82, 2.24) is 0 Å². The van der Waals surface area contributed by atoms with Crippen molar-refractivity contribution in [2.24, 2.45) is 0 Å². The zero-order valence-electron chi connectivity index (χ0n) is 13.3. The van der Waals surface area contributed by atoms with Crippen LogP contribution in [-0.4, -0.2) is 6.10 Å². The molecule has 0 bridgehead atoms. The SMILES string of the molecule is C1=C(c2ccccc2)O[C@@H](OC2CCCCC2)c2ccccc21. The Morgan fingerprint density at radius 3 is 2.39 bits per heavy atom. The lowest BCUT2D eigenvalue weighted by Crippen LogP contribution is -2.23. The van der Waals surface area contributed by atoms with Gasteiger partial charge in [-0.05, 0) is 24.5 Å². The molecule has 0 aromatic heterocycles. The highest BCUT2D eigenvalue weighted by Gasteiger charge is 2.27. The van der Waals surface area contributed by atoms with E-state index in [9.17, 15) is 0 Å². The van der Waals surface area contributed by atoms with Crippen molar-refractivity contribution in [1.29, 1.82) is 0 Å². The van der Waals surface area contributed by atoms with Crippen LogP contribution in [-0.2, 0) is 9.47 Å². The van der Waals surface area contributed by atoms with Crippen LogP contribution in [0.3, 0.4) is 0 Å². The van der Waals surface area contributed by atoms with E-state index in [0.29, 0.717) is 6.10 Å². The second-order valence-corrected chi connectivity index (χ2v) is 6.35. The smallest absolute Gasteiger partial charge is 0.227 e. The van der Waals surface area contributed by atoms with Gasteiger partial charge in [-0.25, -0.2) is 0 Å². The fourth-order valence-electron chi connectivity index (χ4n) is 3.44. The minimum absolute atomic E-state index is 0.297. The molecule has 2 nitrogen and oxygen atoms in total. The van der Waals surface area contributed by atoms with E-state index in [1.54, 1.807) is 0 Å². The van der Waals surface area contributed by atoms with Crippen LogP contribution in [0.1, 0.15) is 55.1 Å². The molecule has 1 saturated carbocycles. The number of fused-ring (bicyclic) bond motifs is 1. The highest BCUT2D eigenvalue weighted by molar-refractivity contribution is 5.80. The van der Waals surface area contributed by atoms with Crippen molar-refractivity contribution in [2.75, 3.05) is 0 Å². The summed E-state index contributed by atoms with van der Waals surface area (Å²) in [6, 6.07) is 18.6. The van der Waals surface area contributed by atoms with Crippen LogP contribution in [0.5, 0.6) is 0 Å². The molecule has 0 spiro atoms. The molecule has 2 heteroatoms. The highest BCUT2D eigenvalue weighted by atomic mass is 16.7. The van der Waals surface area contributed by atoms with Gasteiger partial charge < -0.3 is 9.47 Å². The Morgan fingerprint density at radius 2 is 1.57 bits per heavy atom. The van der Waals surface area contributed by atoms with Gasteiger partial charge in [0.1, 0.15) is 5.76 Å². The van der Waals surface area contributed by atoms with Crippen LogP contribution in [0.2, 0.25) is 0 Å². The second-order valence-electron chi connectivity index (χ2n) is 6.35. The van der Waals surface area contributed by atoms with Gasteiger partial charge in [-0.3, -0.25) is 0 Å². The van der Waals surface area contributed by atoms with Crippen LogP contribution in [0.15, 0.2) is 54.6 Å². The predicted octanol–water partition coefficient (Wildman–Crippen LogP) is 5.56. The molecule has 1 atom stereocenters. The maximum atomic E-state index is 6.35. The Balaban J connectivity index is 1.63. The molecule has 0 N–H and O–H groups in total. The van der Waals surface area contributed by atoms with Gasteiger partial charge in [0.05, 0.1) is 6.10 Å². The molecule has 4 rings (SSSR count). The maximum Gasteiger partial charge on any atom is 0.227 e. The summed E-state index contributed by atoms with van der Waals surface area (Å²) >= 11 is 0. The van der Waals surface area contributed by atoms with Crippen LogP contribution >= 0.6 is 0 Å². The summed E-state index contributed by atoms with van der Waals surface area (Å²) in [7, 11) is 0. The molecular formula is C21H22O2. The van der Waals surface area contributed by atoms with E-state index in [0.717, 1.165) is 29.7 Å². The van der Waals surface area contributed by atoms with Crippen LogP contribution < -0.4 is 0 Å². The van der Waals surface area contributed by atoms with Crippen LogP contribution in [0, 0.1) is 0 Å². The van der Waals surface area contributed by atoms with Gasteiger partial charge in [0.15, 0.2) is 0 Å². The molecule has 1 aliphatic heterocycles. The van der Waals surface area contributed by atoms with Crippen molar-refractivity contribution >= 4 is 11.8 Å². The third kappa shape index (κ3) is 3.18. The number of hydrogen-bond donors (Lipinski definition) is 0. The van der Waals surface area contributed by atoms with Crippen molar-refractivity contribution in [2.45, 2.75) is 44.5 Å². The molecule has 0 unspecified atom stereocenters. The minimum Gasteiger partial charge on any atom is -0.460 e. The Bertz CT molecular complexity index is 684. The fourth-order valence-corrected chi connectivity index (χ4v) is 3.44. The topological polar surface area (TPSA) is 18.5 Å². The Hall–Kier alpha value is -2.06. The second kappa shape index (κ2) is 6.59. The van der Waals surface area contributed by atoms with Crippen molar-refractivity contribution in [3.05, 3.63) is 71.3 Å².